The maximum Gasteiger partial charge on any atom is 0.160 e. The highest BCUT2D eigenvalue weighted by Crippen LogP contribution is 2.24. The molecule has 2 aromatic heterocycles. The lowest BCUT2D eigenvalue weighted by Gasteiger charge is -2.29. The first-order valence-corrected chi connectivity index (χ1v) is 5.81. The topological polar surface area (TPSA) is 34.0 Å². The Morgan fingerprint density at radius 1 is 1.25 bits per heavy atom. The largest absolute Gasteiger partial charge is 0.312 e. The van der Waals surface area contributed by atoms with Gasteiger partial charge in [-0.2, -0.15) is 0 Å². The van der Waals surface area contributed by atoms with Gasteiger partial charge < -0.3 is 9.47 Å². The molecule has 2 aromatic rings. The number of fused-ring (bicyclic) bond motifs is 1. The van der Waals surface area contributed by atoms with Gasteiger partial charge in [0.05, 0.1) is 6.33 Å². The van der Waals surface area contributed by atoms with Crippen LogP contribution >= 0.6 is 0 Å². The van der Waals surface area contributed by atoms with Crippen LogP contribution in [0.15, 0.2) is 24.7 Å². The van der Waals surface area contributed by atoms with Crippen LogP contribution < -0.4 is 0 Å². The lowest BCUT2D eigenvalue weighted by Crippen LogP contribution is -2.31. The molecule has 4 heteroatoms. The Morgan fingerprint density at radius 2 is 2.06 bits per heavy atom. The van der Waals surface area contributed by atoms with Gasteiger partial charge in [0.2, 0.25) is 0 Å². The van der Waals surface area contributed by atoms with Gasteiger partial charge in [-0.25, -0.2) is 9.97 Å². The van der Waals surface area contributed by atoms with Gasteiger partial charge in [-0.1, -0.05) is 0 Å². The Hall–Kier alpha value is -1.42. The number of hydrogen-bond acceptors (Lipinski definition) is 3. The minimum Gasteiger partial charge on any atom is -0.312 e. The molecule has 0 N–H and O–H groups in total. The Labute approximate surface area is 94.9 Å². The Balaban J connectivity index is 1.94. The Morgan fingerprint density at radius 3 is 2.88 bits per heavy atom. The average Bonchev–Trinajstić information content (AvgIpc) is 2.74. The van der Waals surface area contributed by atoms with Crippen LogP contribution in [0.3, 0.4) is 0 Å². The molecule has 1 aliphatic rings. The molecule has 3 rings (SSSR count). The molecule has 0 atom stereocenters. The SMILES string of the molecule is CN1CCC(n2cnc3cccnc32)CC1. The van der Waals surface area contributed by atoms with E-state index in [-0.39, 0.29) is 0 Å². The van der Waals surface area contributed by atoms with Crippen LogP contribution in [0.1, 0.15) is 18.9 Å². The second-order valence-electron chi connectivity index (χ2n) is 4.53. The molecule has 0 spiro atoms. The van der Waals surface area contributed by atoms with Crippen molar-refractivity contribution in [2.45, 2.75) is 18.9 Å². The van der Waals surface area contributed by atoms with Crippen LogP contribution in [0.25, 0.3) is 11.2 Å². The Kier molecular flexibility index (Phi) is 2.36. The summed E-state index contributed by atoms with van der Waals surface area (Å²) < 4.78 is 2.24. The number of piperidine rings is 1. The highest BCUT2D eigenvalue weighted by atomic mass is 15.2. The van der Waals surface area contributed by atoms with E-state index in [1.807, 2.05) is 24.7 Å². The highest BCUT2D eigenvalue weighted by Gasteiger charge is 2.19. The zero-order valence-electron chi connectivity index (χ0n) is 9.50. The third-order valence-electron chi connectivity index (χ3n) is 3.41. The van der Waals surface area contributed by atoms with Crippen molar-refractivity contribution >= 4 is 11.2 Å². The van der Waals surface area contributed by atoms with Gasteiger partial charge in [-0.05, 0) is 45.1 Å². The van der Waals surface area contributed by atoms with Gasteiger partial charge in [0.15, 0.2) is 5.65 Å². The van der Waals surface area contributed by atoms with E-state index in [0.717, 1.165) is 24.3 Å². The molecule has 3 heterocycles. The summed E-state index contributed by atoms with van der Waals surface area (Å²) >= 11 is 0. The highest BCUT2D eigenvalue weighted by molar-refractivity contribution is 5.70. The molecule has 1 fully saturated rings. The van der Waals surface area contributed by atoms with Crippen molar-refractivity contribution in [3.05, 3.63) is 24.7 Å². The zero-order chi connectivity index (χ0) is 11.0. The fourth-order valence-electron chi connectivity index (χ4n) is 2.41. The number of nitrogens with zero attached hydrogens (tertiary/aromatic N) is 4. The van der Waals surface area contributed by atoms with Gasteiger partial charge in [-0.3, -0.25) is 0 Å². The van der Waals surface area contributed by atoms with Gasteiger partial charge >= 0.3 is 0 Å². The van der Waals surface area contributed by atoms with E-state index in [0.29, 0.717) is 6.04 Å². The minimum absolute atomic E-state index is 0.566. The summed E-state index contributed by atoms with van der Waals surface area (Å²) in [7, 11) is 2.18. The summed E-state index contributed by atoms with van der Waals surface area (Å²) in [6, 6.07) is 4.53. The summed E-state index contributed by atoms with van der Waals surface area (Å²) in [6.07, 6.45) is 6.17. The Bertz CT molecular complexity index is 482. The zero-order valence-corrected chi connectivity index (χ0v) is 9.50. The van der Waals surface area contributed by atoms with Crippen LogP contribution in [-0.2, 0) is 0 Å². The second-order valence-corrected chi connectivity index (χ2v) is 4.53. The number of aromatic nitrogens is 3. The van der Waals surface area contributed by atoms with Gasteiger partial charge in [-0.15, -0.1) is 0 Å². The van der Waals surface area contributed by atoms with Crippen molar-refractivity contribution in [1.29, 1.82) is 0 Å². The molecule has 0 saturated carbocycles. The molecule has 16 heavy (non-hydrogen) atoms. The lowest BCUT2D eigenvalue weighted by atomic mass is 10.1. The molecule has 1 aliphatic heterocycles. The first kappa shape index (κ1) is 9.78. The van der Waals surface area contributed by atoms with Crippen molar-refractivity contribution in [2.75, 3.05) is 20.1 Å². The predicted molar refractivity (Wildman–Crippen MR) is 63.3 cm³/mol. The molecule has 0 bridgehead atoms. The molecule has 0 aliphatic carbocycles. The number of rotatable bonds is 1. The van der Waals surface area contributed by atoms with E-state index in [1.165, 1.54) is 12.8 Å². The molecular formula is C12H16N4. The number of hydrogen-bond donors (Lipinski definition) is 0. The maximum atomic E-state index is 4.42. The first-order valence-electron chi connectivity index (χ1n) is 5.81. The second kappa shape index (κ2) is 3.87. The fraction of sp³-hybridized carbons (Fsp3) is 0.500. The van der Waals surface area contributed by atoms with E-state index in [2.05, 4.69) is 26.5 Å². The van der Waals surface area contributed by atoms with E-state index in [1.54, 1.807) is 0 Å². The van der Waals surface area contributed by atoms with Crippen LogP contribution in [-0.4, -0.2) is 39.6 Å². The predicted octanol–water partition coefficient (Wildman–Crippen LogP) is 1.70. The molecule has 0 aromatic carbocycles. The molecule has 1 saturated heterocycles. The number of pyridine rings is 1. The fourth-order valence-corrected chi connectivity index (χ4v) is 2.41. The molecule has 4 nitrogen and oxygen atoms in total. The molecule has 0 radical (unpaired) electrons. The van der Waals surface area contributed by atoms with Crippen molar-refractivity contribution in [3.63, 3.8) is 0 Å². The average molecular weight is 216 g/mol. The van der Waals surface area contributed by atoms with E-state index in [4.69, 9.17) is 0 Å². The first-order chi connectivity index (χ1) is 7.84. The number of imidazole rings is 1. The van der Waals surface area contributed by atoms with Gasteiger partial charge in [0.1, 0.15) is 5.52 Å². The molecular weight excluding hydrogens is 200 g/mol. The maximum absolute atomic E-state index is 4.42. The van der Waals surface area contributed by atoms with E-state index >= 15 is 0 Å². The van der Waals surface area contributed by atoms with Crippen molar-refractivity contribution in [2.24, 2.45) is 0 Å². The summed E-state index contributed by atoms with van der Waals surface area (Å²) in [4.78, 5) is 11.2. The van der Waals surface area contributed by atoms with Crippen LogP contribution in [0.4, 0.5) is 0 Å². The summed E-state index contributed by atoms with van der Waals surface area (Å²) in [5, 5.41) is 0. The van der Waals surface area contributed by atoms with Crippen molar-refractivity contribution in [1.82, 2.24) is 19.4 Å². The van der Waals surface area contributed by atoms with E-state index < -0.39 is 0 Å². The van der Waals surface area contributed by atoms with Gasteiger partial charge in [0.25, 0.3) is 0 Å². The van der Waals surface area contributed by atoms with Gasteiger partial charge in [0, 0.05) is 12.2 Å². The minimum atomic E-state index is 0.566. The number of likely N-dealkylation sites (tertiary alicyclic amines) is 1. The smallest absolute Gasteiger partial charge is 0.160 e. The van der Waals surface area contributed by atoms with Crippen LogP contribution in [0.5, 0.6) is 0 Å². The van der Waals surface area contributed by atoms with E-state index in [9.17, 15) is 0 Å². The molecule has 0 amide bonds. The third-order valence-corrected chi connectivity index (χ3v) is 3.41. The lowest BCUT2D eigenvalue weighted by molar-refractivity contribution is 0.223. The quantitative estimate of drug-likeness (QED) is 0.727. The van der Waals surface area contributed by atoms with Crippen LogP contribution in [0.2, 0.25) is 0 Å². The molecule has 0 unspecified atom stereocenters. The van der Waals surface area contributed by atoms with Crippen molar-refractivity contribution < 1.29 is 0 Å². The molecule has 84 valence electrons. The summed E-state index contributed by atoms with van der Waals surface area (Å²) in [5.41, 5.74) is 2.03. The standard InChI is InChI=1S/C12H16N4/c1-15-7-4-10(5-8-15)16-9-14-11-3-2-6-13-12(11)16/h2-3,6,9-10H,4-5,7-8H2,1H3. The van der Waals surface area contributed by atoms with Crippen LogP contribution in [0, 0.1) is 0 Å². The third kappa shape index (κ3) is 1.59. The summed E-state index contributed by atoms with van der Waals surface area (Å²) in [5.74, 6) is 0. The van der Waals surface area contributed by atoms with Crippen molar-refractivity contribution in [3.8, 4) is 0 Å². The monoisotopic (exact) mass is 216 g/mol. The normalized spacial score (nSPS) is 19.3. The summed E-state index contributed by atoms with van der Waals surface area (Å²) in [6.45, 7) is 2.33.